The van der Waals surface area contributed by atoms with Crippen molar-refractivity contribution in [1.82, 2.24) is 5.32 Å². The zero-order valence-corrected chi connectivity index (χ0v) is 15.3. The maximum atomic E-state index is 12.0. The molecule has 1 atom stereocenters. The van der Waals surface area contributed by atoms with Crippen LogP contribution in [0, 0.1) is 10.1 Å². The molecule has 0 spiro atoms. The number of nitro groups is 1. The van der Waals surface area contributed by atoms with E-state index in [0.717, 1.165) is 22.7 Å². The predicted octanol–water partition coefficient (Wildman–Crippen LogP) is 1.49. The molecule has 0 fully saturated rings. The average molecular weight is 378 g/mol. The molecule has 138 valence electrons. The third-order valence-electron chi connectivity index (χ3n) is 3.74. The summed E-state index contributed by atoms with van der Waals surface area (Å²) in [4.78, 5) is 23.2. The number of nitrogens with zero attached hydrogens (tertiary/aromatic N) is 1. The van der Waals surface area contributed by atoms with Crippen LogP contribution in [0.2, 0.25) is 5.02 Å². The normalized spacial score (nSPS) is 11.6. The van der Waals surface area contributed by atoms with E-state index in [1.54, 1.807) is 12.1 Å². The van der Waals surface area contributed by atoms with Crippen LogP contribution >= 0.6 is 11.6 Å². The van der Waals surface area contributed by atoms with Gasteiger partial charge in [0.25, 0.3) is 11.6 Å². The molecule has 0 aromatic heterocycles. The standard InChI is InChI=1S/C18H21ClN4O3/c1-22(12-14-2-4-15(19)5-3-14)13-18(24)21-11-10-20-16-6-8-17(9-7-16)23(25)26/h2-9,20H,10-13H2,1H3,(H,21,24)/p+1. The molecule has 0 heterocycles. The summed E-state index contributed by atoms with van der Waals surface area (Å²) in [6.07, 6.45) is 0. The minimum absolute atomic E-state index is 0.0260. The van der Waals surface area contributed by atoms with Crippen LogP contribution in [-0.2, 0) is 11.3 Å². The van der Waals surface area contributed by atoms with Crippen LogP contribution in [-0.4, -0.2) is 37.5 Å². The van der Waals surface area contributed by atoms with Crippen molar-refractivity contribution in [1.29, 1.82) is 0 Å². The summed E-state index contributed by atoms with van der Waals surface area (Å²) >= 11 is 5.86. The van der Waals surface area contributed by atoms with Gasteiger partial charge in [-0.1, -0.05) is 23.7 Å². The summed E-state index contributed by atoms with van der Waals surface area (Å²) in [7, 11) is 1.96. The Morgan fingerprint density at radius 1 is 1.12 bits per heavy atom. The summed E-state index contributed by atoms with van der Waals surface area (Å²) in [5, 5.41) is 17.3. The van der Waals surface area contributed by atoms with Crippen LogP contribution < -0.4 is 15.5 Å². The van der Waals surface area contributed by atoms with Gasteiger partial charge in [0.2, 0.25) is 0 Å². The first-order valence-corrected chi connectivity index (χ1v) is 8.62. The minimum atomic E-state index is -0.438. The number of likely N-dealkylation sites (N-methyl/N-ethyl adjacent to an activating group) is 1. The van der Waals surface area contributed by atoms with Crippen molar-refractivity contribution in [2.45, 2.75) is 6.54 Å². The highest BCUT2D eigenvalue weighted by Gasteiger charge is 2.10. The van der Waals surface area contributed by atoms with Crippen molar-refractivity contribution in [3.05, 3.63) is 69.2 Å². The molecule has 1 unspecified atom stereocenters. The molecular formula is C18H22ClN4O3+. The average Bonchev–Trinajstić information content (AvgIpc) is 2.61. The molecule has 0 aliphatic rings. The third kappa shape index (κ3) is 6.70. The minimum Gasteiger partial charge on any atom is -0.383 e. The van der Waals surface area contributed by atoms with Gasteiger partial charge in [-0.25, -0.2) is 0 Å². The molecule has 0 aliphatic heterocycles. The van der Waals surface area contributed by atoms with E-state index >= 15 is 0 Å². The van der Waals surface area contributed by atoms with Gasteiger partial charge in [0.1, 0.15) is 6.54 Å². The fourth-order valence-corrected chi connectivity index (χ4v) is 2.59. The zero-order valence-electron chi connectivity index (χ0n) is 14.5. The highest BCUT2D eigenvalue weighted by molar-refractivity contribution is 6.30. The first-order chi connectivity index (χ1) is 12.4. The van der Waals surface area contributed by atoms with Gasteiger partial charge in [0, 0.05) is 41.5 Å². The van der Waals surface area contributed by atoms with Gasteiger partial charge in [-0.15, -0.1) is 0 Å². The van der Waals surface area contributed by atoms with Crippen LogP contribution in [0.3, 0.4) is 0 Å². The number of halogens is 1. The summed E-state index contributed by atoms with van der Waals surface area (Å²) in [6.45, 7) is 2.13. The van der Waals surface area contributed by atoms with Crippen LogP contribution in [0.25, 0.3) is 0 Å². The molecule has 2 aromatic rings. The number of quaternary nitrogens is 1. The van der Waals surface area contributed by atoms with E-state index in [9.17, 15) is 14.9 Å². The second-order valence-electron chi connectivity index (χ2n) is 6.02. The molecule has 26 heavy (non-hydrogen) atoms. The smallest absolute Gasteiger partial charge is 0.275 e. The van der Waals surface area contributed by atoms with Gasteiger partial charge in [-0.05, 0) is 24.3 Å². The number of non-ortho nitro benzene ring substituents is 1. The highest BCUT2D eigenvalue weighted by atomic mass is 35.5. The third-order valence-corrected chi connectivity index (χ3v) is 3.99. The van der Waals surface area contributed by atoms with Crippen molar-refractivity contribution < 1.29 is 14.6 Å². The number of anilines is 1. The number of benzene rings is 2. The summed E-state index contributed by atoms with van der Waals surface area (Å²) in [6, 6.07) is 13.8. The molecular weight excluding hydrogens is 356 g/mol. The second-order valence-corrected chi connectivity index (χ2v) is 6.45. The zero-order chi connectivity index (χ0) is 18.9. The second kappa shape index (κ2) is 9.74. The Morgan fingerprint density at radius 2 is 1.77 bits per heavy atom. The molecule has 2 rings (SSSR count). The Morgan fingerprint density at radius 3 is 2.38 bits per heavy atom. The molecule has 8 heteroatoms. The fourth-order valence-electron chi connectivity index (χ4n) is 2.46. The fraction of sp³-hybridized carbons (Fsp3) is 0.278. The first-order valence-electron chi connectivity index (χ1n) is 8.25. The molecule has 0 saturated carbocycles. The van der Waals surface area contributed by atoms with E-state index in [0.29, 0.717) is 24.7 Å². The van der Waals surface area contributed by atoms with Gasteiger partial charge < -0.3 is 15.5 Å². The van der Waals surface area contributed by atoms with E-state index in [1.165, 1.54) is 12.1 Å². The SMILES string of the molecule is C[NH+](CC(=O)NCCNc1ccc([N+](=O)[O-])cc1)Cc1ccc(Cl)cc1. The number of amides is 1. The Hall–Kier alpha value is -2.64. The summed E-state index contributed by atoms with van der Waals surface area (Å²) in [5.41, 5.74) is 1.95. The monoisotopic (exact) mass is 377 g/mol. The Kier molecular flexibility index (Phi) is 7.37. The van der Waals surface area contributed by atoms with Crippen LogP contribution in [0.15, 0.2) is 48.5 Å². The maximum absolute atomic E-state index is 12.0. The lowest BCUT2D eigenvalue weighted by molar-refractivity contribution is -0.885. The van der Waals surface area contributed by atoms with Crippen LogP contribution in [0.5, 0.6) is 0 Å². The van der Waals surface area contributed by atoms with Crippen molar-refractivity contribution in [3.8, 4) is 0 Å². The Balaban J connectivity index is 1.65. The lowest BCUT2D eigenvalue weighted by Gasteiger charge is -2.14. The molecule has 0 radical (unpaired) electrons. The van der Waals surface area contributed by atoms with E-state index in [2.05, 4.69) is 10.6 Å². The van der Waals surface area contributed by atoms with Gasteiger partial charge in [0.15, 0.2) is 6.54 Å². The van der Waals surface area contributed by atoms with Gasteiger partial charge in [-0.3, -0.25) is 14.9 Å². The molecule has 3 N–H and O–H groups in total. The van der Waals surface area contributed by atoms with Crippen molar-refractivity contribution in [2.75, 3.05) is 32.0 Å². The van der Waals surface area contributed by atoms with Gasteiger partial charge in [-0.2, -0.15) is 0 Å². The number of nitrogens with one attached hydrogen (secondary N) is 3. The van der Waals surface area contributed by atoms with E-state index in [-0.39, 0.29) is 11.6 Å². The highest BCUT2D eigenvalue weighted by Crippen LogP contribution is 2.14. The molecule has 0 saturated heterocycles. The Bertz CT molecular complexity index is 735. The van der Waals surface area contributed by atoms with Crippen LogP contribution in [0.4, 0.5) is 11.4 Å². The van der Waals surface area contributed by atoms with Gasteiger partial charge in [0.05, 0.1) is 12.0 Å². The largest absolute Gasteiger partial charge is 0.383 e. The quantitative estimate of drug-likeness (QED) is 0.351. The topological polar surface area (TPSA) is 88.7 Å². The van der Waals surface area contributed by atoms with E-state index < -0.39 is 4.92 Å². The summed E-state index contributed by atoms with van der Waals surface area (Å²) in [5.74, 6) is -0.0260. The molecule has 2 aromatic carbocycles. The molecule has 1 amide bonds. The van der Waals surface area contributed by atoms with E-state index in [4.69, 9.17) is 11.6 Å². The van der Waals surface area contributed by atoms with Crippen molar-refractivity contribution >= 4 is 28.9 Å². The number of nitro benzene ring substituents is 1. The van der Waals surface area contributed by atoms with Crippen LogP contribution in [0.1, 0.15) is 5.56 Å². The molecule has 0 bridgehead atoms. The number of hydrogen-bond donors (Lipinski definition) is 3. The molecule has 7 nitrogen and oxygen atoms in total. The van der Waals surface area contributed by atoms with Gasteiger partial charge >= 0.3 is 0 Å². The number of carbonyl (C=O) groups excluding carboxylic acids is 1. The van der Waals surface area contributed by atoms with Crippen molar-refractivity contribution in [3.63, 3.8) is 0 Å². The number of rotatable bonds is 9. The van der Waals surface area contributed by atoms with Crippen molar-refractivity contribution in [2.24, 2.45) is 0 Å². The lowest BCUT2D eigenvalue weighted by Crippen LogP contribution is -3.08. The first kappa shape index (κ1) is 19.7. The molecule has 0 aliphatic carbocycles. The Labute approximate surface area is 157 Å². The lowest BCUT2D eigenvalue weighted by atomic mass is 10.2. The maximum Gasteiger partial charge on any atom is 0.275 e. The van der Waals surface area contributed by atoms with E-state index in [1.807, 2.05) is 31.3 Å². The summed E-state index contributed by atoms with van der Waals surface area (Å²) < 4.78 is 0. The number of carbonyl (C=O) groups is 1. The predicted molar refractivity (Wildman–Crippen MR) is 102 cm³/mol. The number of hydrogen-bond acceptors (Lipinski definition) is 4.